The number of hydrogen-bond donors (Lipinski definition) is 2. The van der Waals surface area contributed by atoms with E-state index in [-0.39, 0.29) is 12.7 Å². The van der Waals surface area contributed by atoms with Gasteiger partial charge in [-0.25, -0.2) is 0 Å². The number of nitrogens with one attached hydrogen (secondary N) is 1. The Morgan fingerprint density at radius 1 is 1.42 bits per heavy atom. The van der Waals surface area contributed by atoms with Crippen LogP contribution in [0.3, 0.4) is 0 Å². The summed E-state index contributed by atoms with van der Waals surface area (Å²) in [7, 11) is 3.17. The van der Waals surface area contributed by atoms with Crippen molar-refractivity contribution < 1.29 is 24.1 Å². The molecule has 19 heavy (non-hydrogen) atoms. The van der Waals surface area contributed by atoms with Crippen LogP contribution in [0.2, 0.25) is 0 Å². The van der Waals surface area contributed by atoms with E-state index in [0.29, 0.717) is 18.0 Å². The fraction of sp³-hybridized carbons (Fsp3) is 0.462. The summed E-state index contributed by atoms with van der Waals surface area (Å²) in [6.07, 6.45) is -0.249. The van der Waals surface area contributed by atoms with Gasteiger partial charge in [-0.05, 0) is 18.2 Å². The SMILES string of the molecule is COc1ccc(OC)c(C2CNC(C(=O)O)CO2)c1. The van der Waals surface area contributed by atoms with Crippen LogP contribution in [-0.2, 0) is 9.53 Å². The Morgan fingerprint density at radius 2 is 2.21 bits per heavy atom. The fourth-order valence-electron chi connectivity index (χ4n) is 2.03. The molecule has 6 heteroatoms. The molecule has 2 N–H and O–H groups in total. The number of carboxylic acids is 1. The number of benzene rings is 1. The van der Waals surface area contributed by atoms with E-state index in [0.717, 1.165) is 5.56 Å². The van der Waals surface area contributed by atoms with Gasteiger partial charge in [0.1, 0.15) is 17.5 Å². The van der Waals surface area contributed by atoms with E-state index in [1.807, 2.05) is 6.07 Å². The molecule has 104 valence electrons. The lowest BCUT2D eigenvalue weighted by molar-refractivity contribution is -0.144. The Hall–Kier alpha value is -1.79. The fourth-order valence-corrected chi connectivity index (χ4v) is 2.03. The molecule has 6 nitrogen and oxygen atoms in total. The molecule has 1 heterocycles. The molecule has 2 atom stereocenters. The Morgan fingerprint density at radius 3 is 2.74 bits per heavy atom. The van der Waals surface area contributed by atoms with E-state index in [4.69, 9.17) is 19.3 Å². The molecule has 1 fully saturated rings. The number of hydrogen-bond acceptors (Lipinski definition) is 5. The smallest absolute Gasteiger partial charge is 0.323 e. The quantitative estimate of drug-likeness (QED) is 0.841. The van der Waals surface area contributed by atoms with Crippen LogP contribution in [0.5, 0.6) is 11.5 Å². The molecule has 0 amide bonds. The van der Waals surface area contributed by atoms with Crippen molar-refractivity contribution in [2.45, 2.75) is 12.1 Å². The van der Waals surface area contributed by atoms with Crippen LogP contribution in [0, 0.1) is 0 Å². The third-order valence-corrected chi connectivity index (χ3v) is 3.10. The van der Waals surface area contributed by atoms with Gasteiger partial charge in [0.05, 0.1) is 26.9 Å². The zero-order valence-electron chi connectivity index (χ0n) is 10.9. The molecule has 1 aliphatic heterocycles. The van der Waals surface area contributed by atoms with E-state index in [2.05, 4.69) is 5.32 Å². The first-order valence-corrected chi connectivity index (χ1v) is 5.95. The summed E-state index contributed by atoms with van der Waals surface area (Å²) in [5, 5.41) is 11.8. The van der Waals surface area contributed by atoms with Gasteiger partial charge < -0.3 is 19.3 Å². The van der Waals surface area contributed by atoms with Gasteiger partial charge >= 0.3 is 5.97 Å². The highest BCUT2D eigenvalue weighted by molar-refractivity contribution is 5.73. The third kappa shape index (κ3) is 2.97. The van der Waals surface area contributed by atoms with Gasteiger partial charge in [-0.1, -0.05) is 0 Å². The summed E-state index contributed by atoms with van der Waals surface area (Å²) in [4.78, 5) is 10.8. The van der Waals surface area contributed by atoms with Crippen molar-refractivity contribution >= 4 is 5.97 Å². The normalized spacial score (nSPS) is 22.8. The van der Waals surface area contributed by atoms with Crippen molar-refractivity contribution in [2.24, 2.45) is 0 Å². The minimum Gasteiger partial charge on any atom is -0.497 e. The van der Waals surface area contributed by atoms with E-state index in [1.165, 1.54) is 0 Å². The van der Waals surface area contributed by atoms with Gasteiger partial charge in [0.25, 0.3) is 0 Å². The summed E-state index contributed by atoms with van der Waals surface area (Å²) in [6.45, 7) is 0.543. The van der Waals surface area contributed by atoms with Crippen LogP contribution in [0.25, 0.3) is 0 Å². The molecule has 0 aromatic heterocycles. The second-order valence-electron chi connectivity index (χ2n) is 4.23. The summed E-state index contributed by atoms with van der Waals surface area (Å²) < 4.78 is 16.1. The molecule has 1 aromatic rings. The van der Waals surface area contributed by atoms with Gasteiger partial charge in [0.2, 0.25) is 0 Å². The molecular weight excluding hydrogens is 250 g/mol. The van der Waals surface area contributed by atoms with Crippen molar-refractivity contribution in [3.05, 3.63) is 23.8 Å². The minimum atomic E-state index is -0.906. The summed E-state index contributed by atoms with van der Waals surface area (Å²) in [5.74, 6) is 0.497. The van der Waals surface area contributed by atoms with Crippen molar-refractivity contribution in [3.8, 4) is 11.5 Å². The first kappa shape index (κ1) is 13.6. The average molecular weight is 267 g/mol. The maximum Gasteiger partial charge on any atom is 0.323 e. The van der Waals surface area contributed by atoms with Crippen LogP contribution in [0.15, 0.2) is 18.2 Å². The molecule has 0 bridgehead atoms. The van der Waals surface area contributed by atoms with Gasteiger partial charge in [-0.3, -0.25) is 10.1 Å². The van der Waals surface area contributed by atoms with Crippen LogP contribution >= 0.6 is 0 Å². The van der Waals surface area contributed by atoms with Crippen molar-refractivity contribution in [2.75, 3.05) is 27.4 Å². The van der Waals surface area contributed by atoms with Crippen molar-refractivity contribution in [1.29, 1.82) is 0 Å². The zero-order chi connectivity index (χ0) is 13.8. The number of carboxylic acid groups (broad SMARTS) is 1. The zero-order valence-corrected chi connectivity index (χ0v) is 10.9. The van der Waals surface area contributed by atoms with E-state index in [1.54, 1.807) is 26.4 Å². The van der Waals surface area contributed by atoms with Crippen LogP contribution in [0.1, 0.15) is 11.7 Å². The summed E-state index contributed by atoms with van der Waals surface area (Å²) in [5.41, 5.74) is 0.846. The monoisotopic (exact) mass is 267 g/mol. The van der Waals surface area contributed by atoms with Crippen LogP contribution in [-0.4, -0.2) is 44.5 Å². The second kappa shape index (κ2) is 5.90. The average Bonchev–Trinajstić information content (AvgIpc) is 2.46. The van der Waals surface area contributed by atoms with E-state index in [9.17, 15) is 4.79 Å². The predicted molar refractivity (Wildman–Crippen MR) is 67.7 cm³/mol. The first-order chi connectivity index (χ1) is 9.15. The van der Waals surface area contributed by atoms with Gasteiger partial charge in [-0.15, -0.1) is 0 Å². The van der Waals surface area contributed by atoms with Crippen LogP contribution in [0.4, 0.5) is 0 Å². The maximum atomic E-state index is 10.8. The number of methoxy groups -OCH3 is 2. The Labute approximate surface area is 111 Å². The third-order valence-electron chi connectivity index (χ3n) is 3.10. The Balaban J connectivity index is 2.16. The number of ether oxygens (including phenoxy) is 3. The molecule has 0 aliphatic carbocycles. The Kier molecular flexibility index (Phi) is 4.24. The lowest BCUT2D eigenvalue weighted by Gasteiger charge is -2.29. The second-order valence-corrected chi connectivity index (χ2v) is 4.23. The molecule has 0 spiro atoms. The number of rotatable bonds is 4. The number of aliphatic carboxylic acids is 1. The lowest BCUT2D eigenvalue weighted by Crippen LogP contribution is -2.47. The molecular formula is C13H17NO5. The van der Waals surface area contributed by atoms with Gasteiger partial charge in [-0.2, -0.15) is 0 Å². The van der Waals surface area contributed by atoms with Gasteiger partial charge in [0, 0.05) is 12.1 Å². The molecule has 0 saturated carbocycles. The van der Waals surface area contributed by atoms with Gasteiger partial charge in [0.15, 0.2) is 0 Å². The molecule has 2 rings (SSSR count). The largest absolute Gasteiger partial charge is 0.497 e. The molecule has 0 radical (unpaired) electrons. The highest BCUT2D eigenvalue weighted by Crippen LogP contribution is 2.32. The molecule has 1 aromatic carbocycles. The molecule has 1 saturated heterocycles. The molecule has 2 unspecified atom stereocenters. The van der Waals surface area contributed by atoms with Crippen LogP contribution < -0.4 is 14.8 Å². The first-order valence-electron chi connectivity index (χ1n) is 5.95. The standard InChI is InChI=1S/C13H17NO5/c1-17-8-3-4-11(18-2)9(5-8)12-6-14-10(7-19-12)13(15)16/h3-5,10,12,14H,6-7H2,1-2H3,(H,15,16). The van der Waals surface area contributed by atoms with E-state index < -0.39 is 12.0 Å². The van der Waals surface area contributed by atoms with Crippen molar-refractivity contribution in [1.82, 2.24) is 5.32 Å². The predicted octanol–water partition coefficient (Wildman–Crippen LogP) is 0.818. The summed E-state index contributed by atoms with van der Waals surface area (Å²) in [6, 6.07) is 4.79. The molecule has 1 aliphatic rings. The Bertz CT molecular complexity index is 454. The van der Waals surface area contributed by atoms with E-state index >= 15 is 0 Å². The highest BCUT2D eigenvalue weighted by Gasteiger charge is 2.28. The topological polar surface area (TPSA) is 77.0 Å². The number of morpholine rings is 1. The highest BCUT2D eigenvalue weighted by atomic mass is 16.5. The number of carbonyl (C=O) groups is 1. The van der Waals surface area contributed by atoms with Crippen molar-refractivity contribution in [3.63, 3.8) is 0 Å². The summed E-state index contributed by atoms with van der Waals surface area (Å²) >= 11 is 0. The minimum absolute atomic E-state index is 0.125. The maximum absolute atomic E-state index is 10.8. The lowest BCUT2D eigenvalue weighted by atomic mass is 10.1.